The minimum atomic E-state index is -0.441. The van der Waals surface area contributed by atoms with Crippen molar-refractivity contribution in [3.63, 3.8) is 0 Å². The molecule has 0 saturated heterocycles. The molecule has 1 aromatic rings. The van der Waals surface area contributed by atoms with E-state index in [0.717, 1.165) is 11.4 Å². The summed E-state index contributed by atoms with van der Waals surface area (Å²) in [6.45, 7) is 3.93. The van der Waals surface area contributed by atoms with E-state index in [4.69, 9.17) is 4.74 Å². The number of nitrogens with one attached hydrogen (secondary N) is 1. The Kier molecular flexibility index (Phi) is 4.17. The molecule has 15 heavy (non-hydrogen) atoms. The Bertz CT molecular complexity index is 324. The summed E-state index contributed by atoms with van der Waals surface area (Å²) < 4.78 is 4.87. The van der Waals surface area contributed by atoms with Gasteiger partial charge >= 0.3 is 0 Å². The molecule has 0 fully saturated rings. The monoisotopic (exact) mass is 209 g/mol. The highest BCUT2D eigenvalue weighted by Crippen LogP contribution is 1.94. The molecule has 0 aromatic carbocycles. The number of methoxy groups -OCH3 is 1. The number of aromatic nitrogens is 2. The van der Waals surface area contributed by atoms with Gasteiger partial charge < -0.3 is 10.1 Å². The SMILES string of the molecule is COC(C)C(=O)NCc1cnc(C)cn1. The Morgan fingerprint density at radius 3 is 2.80 bits per heavy atom. The number of ether oxygens (including phenoxy) is 1. The highest BCUT2D eigenvalue weighted by molar-refractivity contribution is 5.80. The van der Waals surface area contributed by atoms with Crippen LogP contribution in [0.1, 0.15) is 18.3 Å². The summed E-state index contributed by atoms with van der Waals surface area (Å²) in [5.74, 6) is -0.153. The average molecular weight is 209 g/mol. The van der Waals surface area contributed by atoms with Crippen molar-refractivity contribution in [3.8, 4) is 0 Å². The van der Waals surface area contributed by atoms with Gasteiger partial charge in [-0.2, -0.15) is 0 Å². The zero-order chi connectivity index (χ0) is 11.3. The van der Waals surface area contributed by atoms with Gasteiger partial charge in [0.25, 0.3) is 0 Å². The number of amides is 1. The lowest BCUT2D eigenvalue weighted by Crippen LogP contribution is -2.33. The number of aryl methyl sites for hydroxylation is 1. The molecular formula is C10H15N3O2. The normalized spacial score (nSPS) is 12.2. The molecule has 1 aromatic heterocycles. The summed E-state index contributed by atoms with van der Waals surface area (Å²) in [5.41, 5.74) is 1.59. The second-order valence-electron chi connectivity index (χ2n) is 3.24. The molecule has 82 valence electrons. The van der Waals surface area contributed by atoms with Gasteiger partial charge in [0, 0.05) is 13.3 Å². The second kappa shape index (κ2) is 5.41. The van der Waals surface area contributed by atoms with E-state index in [1.54, 1.807) is 19.3 Å². The molecular weight excluding hydrogens is 194 g/mol. The van der Waals surface area contributed by atoms with E-state index in [2.05, 4.69) is 15.3 Å². The molecule has 1 rings (SSSR count). The van der Waals surface area contributed by atoms with Crippen LogP contribution in [0.25, 0.3) is 0 Å². The van der Waals surface area contributed by atoms with Gasteiger partial charge in [-0.3, -0.25) is 14.8 Å². The van der Waals surface area contributed by atoms with Crippen molar-refractivity contribution in [1.82, 2.24) is 15.3 Å². The highest BCUT2D eigenvalue weighted by Gasteiger charge is 2.10. The van der Waals surface area contributed by atoms with Gasteiger partial charge in [-0.25, -0.2) is 0 Å². The number of hydrogen-bond acceptors (Lipinski definition) is 4. The first-order valence-corrected chi connectivity index (χ1v) is 4.71. The first-order valence-electron chi connectivity index (χ1n) is 4.71. The molecule has 1 heterocycles. The fraction of sp³-hybridized carbons (Fsp3) is 0.500. The third-order valence-electron chi connectivity index (χ3n) is 2.00. The van der Waals surface area contributed by atoms with Crippen LogP contribution in [0.4, 0.5) is 0 Å². The van der Waals surface area contributed by atoms with Crippen molar-refractivity contribution < 1.29 is 9.53 Å². The van der Waals surface area contributed by atoms with Crippen molar-refractivity contribution in [2.24, 2.45) is 0 Å². The summed E-state index contributed by atoms with van der Waals surface area (Å²) in [6, 6.07) is 0. The van der Waals surface area contributed by atoms with Crippen LogP contribution in [0, 0.1) is 6.92 Å². The third kappa shape index (κ3) is 3.63. The molecule has 1 atom stereocenters. The zero-order valence-corrected chi connectivity index (χ0v) is 9.15. The number of carbonyl (C=O) groups excluding carboxylic acids is 1. The maximum absolute atomic E-state index is 11.3. The Morgan fingerprint density at radius 1 is 1.53 bits per heavy atom. The topological polar surface area (TPSA) is 64.1 Å². The fourth-order valence-electron chi connectivity index (χ4n) is 0.939. The number of rotatable bonds is 4. The second-order valence-corrected chi connectivity index (χ2v) is 3.24. The predicted molar refractivity (Wildman–Crippen MR) is 55.1 cm³/mol. The van der Waals surface area contributed by atoms with Crippen LogP contribution in [0.3, 0.4) is 0 Å². The third-order valence-corrected chi connectivity index (χ3v) is 2.00. The van der Waals surface area contributed by atoms with E-state index < -0.39 is 6.10 Å². The summed E-state index contributed by atoms with van der Waals surface area (Å²) in [7, 11) is 1.50. The molecule has 1 amide bonds. The molecule has 5 nitrogen and oxygen atoms in total. The molecule has 0 aliphatic rings. The molecule has 0 spiro atoms. The van der Waals surface area contributed by atoms with Gasteiger partial charge in [-0.15, -0.1) is 0 Å². The van der Waals surface area contributed by atoms with E-state index in [-0.39, 0.29) is 5.91 Å². The van der Waals surface area contributed by atoms with E-state index in [1.165, 1.54) is 7.11 Å². The summed E-state index contributed by atoms with van der Waals surface area (Å²) in [6.07, 6.45) is 2.87. The standard InChI is InChI=1S/C10H15N3O2/c1-7-4-12-9(5-11-7)6-13-10(14)8(2)15-3/h4-5,8H,6H2,1-3H3,(H,13,14). The van der Waals surface area contributed by atoms with Crippen LogP contribution in [-0.2, 0) is 16.1 Å². The van der Waals surface area contributed by atoms with Gasteiger partial charge in [0.05, 0.1) is 24.1 Å². The Hall–Kier alpha value is -1.49. The van der Waals surface area contributed by atoms with Gasteiger partial charge in [-0.05, 0) is 13.8 Å². The molecule has 0 aliphatic heterocycles. The van der Waals surface area contributed by atoms with Gasteiger partial charge in [-0.1, -0.05) is 0 Å². The number of hydrogen-bond donors (Lipinski definition) is 1. The minimum Gasteiger partial charge on any atom is -0.372 e. The quantitative estimate of drug-likeness (QED) is 0.781. The average Bonchev–Trinajstić information content (AvgIpc) is 2.26. The Labute approximate surface area is 88.9 Å². The summed E-state index contributed by atoms with van der Waals surface area (Å²) >= 11 is 0. The van der Waals surface area contributed by atoms with Gasteiger partial charge in [0.2, 0.25) is 5.91 Å². The van der Waals surface area contributed by atoms with Crippen molar-refractivity contribution in [2.45, 2.75) is 26.5 Å². The molecule has 1 unspecified atom stereocenters. The first-order chi connectivity index (χ1) is 7.13. The maximum Gasteiger partial charge on any atom is 0.249 e. The van der Waals surface area contributed by atoms with Crippen LogP contribution < -0.4 is 5.32 Å². The molecule has 5 heteroatoms. The van der Waals surface area contributed by atoms with Crippen LogP contribution in [0.15, 0.2) is 12.4 Å². The van der Waals surface area contributed by atoms with Gasteiger partial charge in [0.1, 0.15) is 6.10 Å². The Morgan fingerprint density at radius 2 is 2.27 bits per heavy atom. The fourth-order valence-corrected chi connectivity index (χ4v) is 0.939. The molecule has 0 aliphatic carbocycles. The minimum absolute atomic E-state index is 0.153. The zero-order valence-electron chi connectivity index (χ0n) is 9.15. The Balaban J connectivity index is 2.43. The van der Waals surface area contributed by atoms with E-state index in [0.29, 0.717) is 6.54 Å². The van der Waals surface area contributed by atoms with Crippen LogP contribution in [0.5, 0.6) is 0 Å². The molecule has 1 N–H and O–H groups in total. The van der Waals surface area contributed by atoms with Crippen molar-refractivity contribution >= 4 is 5.91 Å². The summed E-state index contributed by atoms with van der Waals surface area (Å²) in [4.78, 5) is 19.5. The van der Waals surface area contributed by atoms with Crippen molar-refractivity contribution in [2.75, 3.05) is 7.11 Å². The predicted octanol–water partition coefficient (Wildman–Crippen LogP) is 0.436. The van der Waals surface area contributed by atoms with Crippen molar-refractivity contribution in [1.29, 1.82) is 0 Å². The van der Waals surface area contributed by atoms with E-state index in [9.17, 15) is 4.79 Å². The molecule has 0 radical (unpaired) electrons. The molecule has 0 saturated carbocycles. The lowest BCUT2D eigenvalue weighted by molar-refractivity contribution is -0.130. The van der Waals surface area contributed by atoms with Crippen molar-refractivity contribution in [3.05, 3.63) is 23.8 Å². The van der Waals surface area contributed by atoms with Crippen LogP contribution in [0.2, 0.25) is 0 Å². The van der Waals surface area contributed by atoms with Gasteiger partial charge in [0.15, 0.2) is 0 Å². The number of nitrogens with zero attached hydrogens (tertiary/aromatic N) is 2. The maximum atomic E-state index is 11.3. The lowest BCUT2D eigenvalue weighted by atomic mass is 10.3. The van der Waals surface area contributed by atoms with Crippen LogP contribution in [-0.4, -0.2) is 29.1 Å². The smallest absolute Gasteiger partial charge is 0.249 e. The number of carbonyl (C=O) groups is 1. The largest absolute Gasteiger partial charge is 0.372 e. The van der Waals surface area contributed by atoms with E-state index in [1.807, 2.05) is 6.92 Å². The van der Waals surface area contributed by atoms with Crippen LogP contribution >= 0.6 is 0 Å². The first kappa shape index (κ1) is 11.6. The summed E-state index contributed by atoms with van der Waals surface area (Å²) in [5, 5.41) is 2.70. The lowest BCUT2D eigenvalue weighted by Gasteiger charge is -2.09. The highest BCUT2D eigenvalue weighted by atomic mass is 16.5. The van der Waals surface area contributed by atoms with E-state index >= 15 is 0 Å². The molecule has 0 bridgehead atoms.